The number of likely N-dealkylation sites (tertiary alicyclic amines) is 1. The van der Waals surface area contributed by atoms with Crippen molar-refractivity contribution in [1.29, 1.82) is 0 Å². The molecule has 5 atom stereocenters. The summed E-state index contributed by atoms with van der Waals surface area (Å²) in [5.74, 6) is 0.896. The Balaban J connectivity index is 1.30. The van der Waals surface area contributed by atoms with Crippen LogP contribution in [0.1, 0.15) is 49.5 Å². The average Bonchev–Trinajstić information content (AvgIpc) is 3.08. The number of piperidine rings is 1. The van der Waals surface area contributed by atoms with Crippen LogP contribution >= 0.6 is 0 Å². The average molecular weight is 424 g/mol. The van der Waals surface area contributed by atoms with Crippen LogP contribution in [0.5, 0.6) is 0 Å². The molecule has 0 radical (unpaired) electrons. The molecule has 1 aromatic carbocycles. The van der Waals surface area contributed by atoms with Crippen molar-refractivity contribution in [3.8, 4) is 0 Å². The number of rotatable bonds is 6. The summed E-state index contributed by atoms with van der Waals surface area (Å²) in [6, 6.07) is 6.97. The van der Waals surface area contributed by atoms with Gasteiger partial charge in [-0.15, -0.1) is 0 Å². The van der Waals surface area contributed by atoms with Crippen LogP contribution in [-0.4, -0.2) is 51.0 Å². The molecule has 8 heteroatoms. The van der Waals surface area contributed by atoms with Crippen molar-refractivity contribution in [2.75, 3.05) is 6.54 Å². The molecule has 31 heavy (non-hydrogen) atoms. The lowest BCUT2D eigenvalue weighted by Gasteiger charge is -2.27. The van der Waals surface area contributed by atoms with Gasteiger partial charge in [0.15, 0.2) is 5.69 Å². The highest BCUT2D eigenvalue weighted by atomic mass is 16.2. The van der Waals surface area contributed by atoms with Crippen molar-refractivity contribution in [1.82, 2.24) is 20.0 Å². The van der Waals surface area contributed by atoms with Crippen molar-refractivity contribution >= 4 is 28.6 Å². The summed E-state index contributed by atoms with van der Waals surface area (Å²) >= 11 is 0. The number of nitrogens with zero attached hydrogens (tertiary/aromatic N) is 3. The zero-order chi connectivity index (χ0) is 21.7. The highest BCUT2D eigenvalue weighted by molar-refractivity contribution is 6.04. The number of carbonyl (C=O) groups is 3. The van der Waals surface area contributed by atoms with Gasteiger partial charge >= 0.3 is 0 Å². The van der Waals surface area contributed by atoms with Gasteiger partial charge in [-0.25, -0.2) is 0 Å². The second-order valence-electron chi connectivity index (χ2n) is 9.53. The third-order valence-electron chi connectivity index (χ3n) is 7.24. The summed E-state index contributed by atoms with van der Waals surface area (Å²) in [6.45, 7) is 2.94. The maximum atomic E-state index is 13.3. The minimum absolute atomic E-state index is 0.0130. The molecule has 0 unspecified atom stereocenters. The first-order chi connectivity index (χ1) is 14.9. The highest BCUT2D eigenvalue weighted by Crippen LogP contribution is 2.48. The minimum atomic E-state index is -0.621. The third kappa shape index (κ3) is 3.68. The first-order valence-corrected chi connectivity index (χ1v) is 11.3. The van der Waals surface area contributed by atoms with Crippen LogP contribution in [-0.2, 0) is 16.1 Å². The predicted molar refractivity (Wildman–Crippen MR) is 115 cm³/mol. The second-order valence-corrected chi connectivity index (χ2v) is 9.53. The smallest absolute Gasteiger partial charge is 0.269 e. The summed E-state index contributed by atoms with van der Waals surface area (Å²) in [6.07, 6.45) is 5.24. The van der Waals surface area contributed by atoms with E-state index in [0.29, 0.717) is 29.3 Å². The van der Waals surface area contributed by atoms with Gasteiger partial charge in [0.1, 0.15) is 12.6 Å². The number of nitrogens with one attached hydrogen (secondary N) is 1. The molecule has 8 nitrogen and oxygen atoms in total. The zero-order valence-corrected chi connectivity index (χ0v) is 17.8. The number of carbonyl (C=O) groups excluding carboxylic acids is 3. The molecule has 1 aliphatic heterocycles. The normalized spacial score (nSPS) is 29.2. The molecule has 2 aliphatic carbocycles. The lowest BCUT2D eigenvalue weighted by molar-refractivity contribution is -0.140. The molecule has 3 amide bonds. The molecule has 0 spiro atoms. The molecule has 2 heterocycles. The summed E-state index contributed by atoms with van der Waals surface area (Å²) in [5.41, 5.74) is 6.32. The molecule has 2 aromatic rings. The number of fused-ring (bicyclic) bond motifs is 2. The standard InChI is InChI=1S/C23H29N5O3/c1-13-6-7-14(8-13)11-25-23(31)19-10-15-9-18(15)28(19)20(29)12-27-17-5-3-2-4-16(17)21(26-27)22(24)30/h2-5,13-15,18-19H,6-12H2,1H3,(H2,24,30)(H,25,31)/t13-,14-,15+,18+,19-/m0/s1. The van der Waals surface area contributed by atoms with E-state index in [9.17, 15) is 14.4 Å². The van der Waals surface area contributed by atoms with E-state index in [1.165, 1.54) is 11.1 Å². The van der Waals surface area contributed by atoms with Gasteiger partial charge in [-0.1, -0.05) is 31.5 Å². The Kier molecular flexibility index (Phi) is 4.95. The van der Waals surface area contributed by atoms with Gasteiger partial charge in [0.2, 0.25) is 11.8 Å². The van der Waals surface area contributed by atoms with Gasteiger partial charge in [0.05, 0.1) is 5.52 Å². The van der Waals surface area contributed by atoms with Gasteiger partial charge in [-0.2, -0.15) is 5.10 Å². The van der Waals surface area contributed by atoms with Crippen LogP contribution < -0.4 is 11.1 Å². The van der Waals surface area contributed by atoms with Gasteiger partial charge in [-0.3, -0.25) is 19.1 Å². The van der Waals surface area contributed by atoms with Crippen LogP contribution in [0.25, 0.3) is 10.9 Å². The molecule has 2 saturated carbocycles. The first-order valence-electron chi connectivity index (χ1n) is 11.3. The van der Waals surface area contributed by atoms with Gasteiger partial charge in [0.25, 0.3) is 5.91 Å². The number of para-hydroxylation sites is 1. The second kappa shape index (κ2) is 7.66. The van der Waals surface area contributed by atoms with E-state index in [2.05, 4.69) is 17.3 Å². The lowest BCUT2D eigenvalue weighted by Crippen LogP contribution is -2.49. The minimum Gasteiger partial charge on any atom is -0.364 e. The van der Waals surface area contributed by atoms with Crippen LogP contribution in [0.2, 0.25) is 0 Å². The Bertz CT molecular complexity index is 1050. The Labute approximate surface area is 181 Å². The van der Waals surface area contributed by atoms with Crippen LogP contribution in [0, 0.1) is 17.8 Å². The first kappa shape index (κ1) is 20.0. The zero-order valence-electron chi connectivity index (χ0n) is 17.8. The maximum absolute atomic E-state index is 13.3. The lowest BCUT2D eigenvalue weighted by atomic mass is 10.1. The Morgan fingerprint density at radius 3 is 2.71 bits per heavy atom. The molecule has 3 aliphatic rings. The molecular weight excluding hydrogens is 394 g/mol. The van der Waals surface area contributed by atoms with E-state index < -0.39 is 11.9 Å². The van der Waals surface area contributed by atoms with E-state index in [1.807, 2.05) is 18.2 Å². The number of hydrogen-bond acceptors (Lipinski definition) is 4. The fraction of sp³-hybridized carbons (Fsp3) is 0.565. The van der Waals surface area contributed by atoms with Gasteiger partial charge in [-0.05, 0) is 49.5 Å². The van der Waals surface area contributed by atoms with Crippen LogP contribution in [0.3, 0.4) is 0 Å². The third-order valence-corrected chi connectivity index (χ3v) is 7.24. The summed E-state index contributed by atoms with van der Waals surface area (Å²) in [5, 5.41) is 8.04. The summed E-state index contributed by atoms with van der Waals surface area (Å²) in [7, 11) is 0. The van der Waals surface area contributed by atoms with E-state index >= 15 is 0 Å². The Hall–Kier alpha value is -2.90. The molecule has 5 rings (SSSR count). The molecule has 164 valence electrons. The molecule has 1 saturated heterocycles. The largest absolute Gasteiger partial charge is 0.364 e. The molecule has 3 N–H and O–H groups in total. The van der Waals surface area contributed by atoms with Crippen LogP contribution in [0.15, 0.2) is 24.3 Å². The van der Waals surface area contributed by atoms with Crippen molar-refractivity contribution in [2.45, 2.75) is 57.7 Å². The van der Waals surface area contributed by atoms with Crippen molar-refractivity contribution in [3.63, 3.8) is 0 Å². The number of aromatic nitrogens is 2. The maximum Gasteiger partial charge on any atom is 0.269 e. The molecule has 0 bridgehead atoms. The Morgan fingerprint density at radius 2 is 1.97 bits per heavy atom. The van der Waals surface area contributed by atoms with E-state index in [0.717, 1.165) is 31.6 Å². The monoisotopic (exact) mass is 423 g/mol. The molecule has 3 fully saturated rings. The number of nitrogens with two attached hydrogens (primary N) is 1. The SMILES string of the molecule is C[C@H]1CC[C@H](CNC(=O)[C@@H]2C[C@H]3C[C@H]3N2C(=O)Cn2nc(C(N)=O)c3ccccc32)C1. The number of hydrogen-bond donors (Lipinski definition) is 2. The fourth-order valence-corrected chi connectivity index (χ4v) is 5.56. The number of primary amides is 1. The van der Waals surface area contributed by atoms with Crippen molar-refractivity contribution in [3.05, 3.63) is 30.0 Å². The summed E-state index contributed by atoms with van der Waals surface area (Å²) < 4.78 is 1.53. The number of benzene rings is 1. The van der Waals surface area contributed by atoms with Crippen molar-refractivity contribution in [2.24, 2.45) is 23.5 Å². The van der Waals surface area contributed by atoms with Gasteiger partial charge < -0.3 is 16.0 Å². The number of amides is 3. The quantitative estimate of drug-likeness (QED) is 0.736. The highest BCUT2D eigenvalue weighted by Gasteiger charge is 2.56. The van der Waals surface area contributed by atoms with Crippen molar-refractivity contribution < 1.29 is 14.4 Å². The molecular formula is C23H29N5O3. The Morgan fingerprint density at radius 1 is 1.16 bits per heavy atom. The van der Waals surface area contributed by atoms with E-state index in [4.69, 9.17) is 5.73 Å². The van der Waals surface area contributed by atoms with E-state index in [-0.39, 0.29) is 30.1 Å². The van der Waals surface area contributed by atoms with Crippen LogP contribution in [0.4, 0.5) is 0 Å². The fourth-order valence-electron chi connectivity index (χ4n) is 5.56. The van der Waals surface area contributed by atoms with Gasteiger partial charge in [0, 0.05) is 18.0 Å². The van der Waals surface area contributed by atoms with E-state index in [1.54, 1.807) is 11.0 Å². The summed E-state index contributed by atoms with van der Waals surface area (Å²) in [4.78, 5) is 39.7. The predicted octanol–water partition coefficient (Wildman–Crippen LogP) is 1.68. The topological polar surface area (TPSA) is 110 Å². The molecule has 1 aromatic heterocycles.